The maximum absolute atomic E-state index is 15.2. The first-order valence-corrected chi connectivity index (χ1v) is 21.2. The molecule has 10 rings (SSSR count). The fraction of sp³-hybridized carbons (Fsp3) is 0.479. The highest BCUT2D eigenvalue weighted by Gasteiger charge is 2.74. The number of aliphatic hydroxyl groups excluding tert-OH is 3. The largest absolute Gasteiger partial charge is 0.453 e. The highest BCUT2D eigenvalue weighted by molar-refractivity contribution is 6.33. The van der Waals surface area contributed by atoms with Gasteiger partial charge >= 0.3 is 6.18 Å². The second-order valence-electron chi connectivity index (χ2n) is 18.6. The lowest BCUT2D eigenvalue weighted by atomic mass is 9.32. The number of halogens is 4. The normalized spacial score (nSPS) is 34.1. The molecule has 6 aliphatic rings. The number of fused-ring (bicyclic) bond motifs is 2. The molecule has 0 amide bonds. The summed E-state index contributed by atoms with van der Waals surface area (Å²) >= 11 is 6.40. The molecule has 4 N–H and O–H groups in total. The first-order valence-electron chi connectivity index (χ1n) is 20.8. The number of hydrogen-bond acceptors (Lipinski definition) is 7. The molecule has 312 valence electrons. The van der Waals surface area contributed by atoms with E-state index in [1.807, 2.05) is 18.2 Å². The molecule has 3 fully saturated rings. The van der Waals surface area contributed by atoms with Crippen LogP contribution in [0, 0.1) is 33.5 Å². The molecule has 1 heterocycles. The lowest BCUT2D eigenvalue weighted by Gasteiger charge is -2.71. The lowest BCUT2D eigenvalue weighted by molar-refractivity contribution is -0.177. The van der Waals surface area contributed by atoms with Crippen LogP contribution in [0.2, 0.25) is 5.02 Å². The second kappa shape index (κ2) is 14.1. The molecule has 3 saturated carbocycles. The Balaban J connectivity index is 1.11. The van der Waals surface area contributed by atoms with Gasteiger partial charge in [0.2, 0.25) is 5.78 Å². The van der Waals surface area contributed by atoms with Crippen molar-refractivity contribution in [3.63, 3.8) is 0 Å². The second-order valence-corrected chi connectivity index (χ2v) is 19.0. The van der Waals surface area contributed by atoms with E-state index in [0.29, 0.717) is 44.2 Å². The van der Waals surface area contributed by atoms with Crippen LogP contribution in [0.5, 0.6) is 0 Å². The van der Waals surface area contributed by atoms with Gasteiger partial charge in [-0.05, 0) is 109 Å². The van der Waals surface area contributed by atoms with Crippen molar-refractivity contribution >= 4 is 28.2 Å². The molecule has 6 aliphatic carbocycles. The summed E-state index contributed by atoms with van der Waals surface area (Å²) in [4.78, 5) is 17.2. The third-order valence-corrected chi connectivity index (χ3v) is 16.1. The molecule has 9 atom stereocenters. The Morgan fingerprint density at radius 2 is 1.68 bits per heavy atom. The molecule has 4 aromatic rings. The summed E-state index contributed by atoms with van der Waals surface area (Å²) in [7, 11) is 0. The van der Waals surface area contributed by atoms with Crippen LogP contribution in [0.4, 0.5) is 13.2 Å². The average Bonchev–Trinajstić information content (AvgIpc) is 3.80. The quantitative estimate of drug-likeness (QED) is 0.0931. The van der Waals surface area contributed by atoms with Crippen molar-refractivity contribution in [3.05, 3.63) is 119 Å². The predicted molar refractivity (Wildman–Crippen MR) is 219 cm³/mol. The molecule has 3 aromatic carbocycles. The topological polar surface area (TPSA) is 114 Å². The van der Waals surface area contributed by atoms with Gasteiger partial charge in [0.25, 0.3) is 0 Å². The summed E-state index contributed by atoms with van der Waals surface area (Å²) in [5.74, 6) is -0.498. The van der Waals surface area contributed by atoms with Crippen LogP contribution in [0.3, 0.4) is 0 Å². The number of carbonyl (C=O) groups is 1. The van der Waals surface area contributed by atoms with Crippen LogP contribution < -0.4 is 0 Å². The molecular weight excluding hydrogens is 779 g/mol. The maximum atomic E-state index is 15.2. The number of benzene rings is 3. The monoisotopic (exact) mass is 829 g/mol. The van der Waals surface area contributed by atoms with E-state index in [1.54, 1.807) is 0 Å². The minimum atomic E-state index is -4.60. The van der Waals surface area contributed by atoms with Gasteiger partial charge in [0.1, 0.15) is 5.76 Å². The lowest BCUT2D eigenvalue weighted by Crippen LogP contribution is -2.67. The number of ketones is 1. The van der Waals surface area contributed by atoms with Crippen LogP contribution in [-0.2, 0) is 12.7 Å². The van der Waals surface area contributed by atoms with Gasteiger partial charge in [-0.15, -0.1) is 0 Å². The summed E-state index contributed by atoms with van der Waals surface area (Å²) in [5.41, 5.74) is -2.85. The molecule has 0 saturated heterocycles. The number of carbonyl (C=O) groups excluding carboxylic acids is 1. The minimum Gasteiger partial charge on any atom is -0.453 e. The number of nitrogens with zero attached hydrogens (tertiary/aromatic N) is 1. The maximum Gasteiger partial charge on any atom is 0.416 e. The molecule has 7 nitrogen and oxygen atoms in total. The molecule has 1 aromatic heterocycles. The Hall–Kier alpha value is -3.77. The first kappa shape index (κ1) is 40.6. The fourth-order valence-electron chi connectivity index (χ4n) is 12.8. The third-order valence-electron chi connectivity index (χ3n) is 15.8. The van der Waals surface area contributed by atoms with Crippen LogP contribution in [0.15, 0.2) is 101 Å². The van der Waals surface area contributed by atoms with E-state index in [2.05, 4.69) is 61.2 Å². The molecule has 0 aliphatic heterocycles. The van der Waals surface area contributed by atoms with Gasteiger partial charge in [-0.1, -0.05) is 86.1 Å². The van der Waals surface area contributed by atoms with E-state index in [9.17, 15) is 33.6 Å². The van der Waals surface area contributed by atoms with Gasteiger partial charge in [0, 0.05) is 47.0 Å². The Labute approximate surface area is 347 Å². The van der Waals surface area contributed by atoms with Gasteiger partial charge in [0.15, 0.2) is 5.76 Å². The Bertz CT molecular complexity index is 2370. The van der Waals surface area contributed by atoms with Gasteiger partial charge in [-0.3, -0.25) is 9.69 Å². The van der Waals surface area contributed by atoms with Gasteiger partial charge in [-0.2, -0.15) is 13.2 Å². The molecule has 0 radical (unpaired) electrons. The Kier molecular flexibility index (Phi) is 9.74. The third kappa shape index (κ3) is 6.14. The number of alkyl halides is 3. The number of hydrogen-bond donors (Lipinski definition) is 4. The SMILES string of the molecule is CC12CCC(O)CC13C=CC1(C(C(=O)c4ccc(-c5cc(C(F)(F)F)ccc5Cl)o4)=C3)C2CCC2(C)C1CCC2(O)CN(Cc1cccc2ccccc12)CC(O)CO. The molecule has 59 heavy (non-hydrogen) atoms. The van der Waals surface area contributed by atoms with Crippen molar-refractivity contribution in [1.29, 1.82) is 0 Å². The van der Waals surface area contributed by atoms with Crippen molar-refractivity contribution in [1.82, 2.24) is 4.90 Å². The number of Topliss-reactive ketones (excluding diaryl/α,β-unsaturated/α-hetero) is 1. The van der Waals surface area contributed by atoms with E-state index >= 15 is 4.79 Å². The van der Waals surface area contributed by atoms with E-state index in [4.69, 9.17) is 16.0 Å². The number of allylic oxidation sites excluding steroid dienone is 4. The predicted octanol–water partition coefficient (Wildman–Crippen LogP) is 9.40. The van der Waals surface area contributed by atoms with E-state index in [1.165, 1.54) is 18.2 Å². The van der Waals surface area contributed by atoms with Crippen molar-refractivity contribution in [2.24, 2.45) is 33.5 Å². The van der Waals surface area contributed by atoms with Crippen LogP contribution in [0.25, 0.3) is 22.1 Å². The van der Waals surface area contributed by atoms with Crippen LogP contribution >= 0.6 is 11.6 Å². The molecule has 9 unspecified atom stereocenters. The van der Waals surface area contributed by atoms with Gasteiger partial charge in [-0.25, -0.2) is 0 Å². The molecule has 2 bridgehead atoms. The number of aliphatic hydroxyl groups is 4. The van der Waals surface area contributed by atoms with Crippen molar-refractivity contribution < 1.29 is 42.8 Å². The summed E-state index contributed by atoms with van der Waals surface area (Å²) < 4.78 is 47.3. The first-order chi connectivity index (χ1) is 28.0. The summed E-state index contributed by atoms with van der Waals surface area (Å²) in [6.07, 6.45) is 4.72. The van der Waals surface area contributed by atoms with Gasteiger partial charge < -0.3 is 24.8 Å². The average molecular weight is 830 g/mol. The molecular formula is C48H51ClF3NO6. The zero-order chi connectivity index (χ0) is 41.8. The summed E-state index contributed by atoms with van der Waals surface area (Å²) in [6, 6.07) is 20.2. The van der Waals surface area contributed by atoms with Crippen molar-refractivity contribution in [2.45, 2.75) is 89.3 Å². The van der Waals surface area contributed by atoms with Crippen LogP contribution in [0.1, 0.15) is 80.5 Å². The highest BCUT2D eigenvalue weighted by atomic mass is 35.5. The fourth-order valence-corrected chi connectivity index (χ4v) is 13.0. The number of furan rings is 1. The summed E-state index contributed by atoms with van der Waals surface area (Å²) in [6.45, 7) is 4.86. The van der Waals surface area contributed by atoms with Crippen molar-refractivity contribution in [3.8, 4) is 11.3 Å². The standard InChI is InChI=1S/C48H51ClF3NO6/c1-43-17-14-32(55)23-45(43)20-21-47(36(24-45)42(57)39-13-12-38(59-39)35-22-31(48(50,51)52)10-11-37(35)49)40(43)15-18-44(2)41(47)16-19-46(44,58)28-53(26-33(56)27-54)25-30-8-5-7-29-6-3-4-9-34(29)30/h3-13,20-22,24,32-33,40-41,54-56,58H,14-19,23,25-28H2,1-2H3. The molecule has 11 heteroatoms. The number of rotatable bonds is 10. The zero-order valence-electron chi connectivity index (χ0n) is 33.3. The highest BCUT2D eigenvalue weighted by Crippen LogP contribution is 2.78. The molecule has 2 spiro atoms. The summed E-state index contributed by atoms with van der Waals surface area (Å²) in [5, 5.41) is 47.2. The van der Waals surface area contributed by atoms with E-state index < -0.39 is 52.4 Å². The zero-order valence-corrected chi connectivity index (χ0v) is 34.1. The van der Waals surface area contributed by atoms with Crippen LogP contribution in [-0.4, -0.2) is 68.6 Å². The van der Waals surface area contributed by atoms with E-state index in [0.717, 1.165) is 41.3 Å². The van der Waals surface area contributed by atoms with Crippen molar-refractivity contribution in [2.75, 3.05) is 19.7 Å². The van der Waals surface area contributed by atoms with Gasteiger partial charge in [0.05, 0.1) is 35.0 Å². The Morgan fingerprint density at radius 1 is 0.949 bits per heavy atom. The minimum absolute atomic E-state index is 0.00668. The Morgan fingerprint density at radius 3 is 2.46 bits per heavy atom. The van der Waals surface area contributed by atoms with E-state index in [-0.39, 0.29) is 58.2 Å². The smallest absolute Gasteiger partial charge is 0.416 e.